The van der Waals surface area contributed by atoms with Crippen LogP contribution in [0, 0.1) is 23.1 Å². The number of benzene rings is 1. The number of nitriles is 1. The normalized spacial score (nSPS) is 23.5. The molecular weight excluding hydrogens is 241 g/mol. The molecular formula is C15H20FN3. The molecule has 0 radical (unpaired) electrons. The summed E-state index contributed by atoms with van der Waals surface area (Å²) in [6, 6.07) is 6.99. The Morgan fingerprint density at radius 1 is 1.53 bits per heavy atom. The molecule has 4 heteroatoms. The van der Waals surface area contributed by atoms with Gasteiger partial charge in [0, 0.05) is 6.04 Å². The van der Waals surface area contributed by atoms with Gasteiger partial charge in [0.05, 0.1) is 5.56 Å². The molecule has 1 aromatic rings. The van der Waals surface area contributed by atoms with E-state index in [0.29, 0.717) is 12.5 Å². The van der Waals surface area contributed by atoms with Crippen LogP contribution < -0.4 is 5.73 Å². The minimum atomic E-state index is -0.449. The third-order valence-corrected chi connectivity index (χ3v) is 3.89. The molecule has 102 valence electrons. The fourth-order valence-corrected chi connectivity index (χ4v) is 3.01. The van der Waals surface area contributed by atoms with Crippen molar-refractivity contribution in [2.45, 2.75) is 25.8 Å². The summed E-state index contributed by atoms with van der Waals surface area (Å²) in [6.07, 6.45) is 2.15. The zero-order valence-corrected chi connectivity index (χ0v) is 11.3. The summed E-state index contributed by atoms with van der Waals surface area (Å²) in [7, 11) is 0. The first-order valence-electron chi connectivity index (χ1n) is 6.85. The van der Waals surface area contributed by atoms with Gasteiger partial charge in [-0.3, -0.25) is 4.90 Å². The Labute approximate surface area is 113 Å². The highest BCUT2D eigenvalue weighted by atomic mass is 19.1. The van der Waals surface area contributed by atoms with E-state index in [9.17, 15) is 4.39 Å². The largest absolute Gasteiger partial charge is 0.330 e. The lowest BCUT2D eigenvalue weighted by Gasteiger charge is -2.28. The SMILES string of the molecule is CCCN1CCC(CN)C1c1ccc(F)c(C#N)c1. The Balaban J connectivity index is 2.33. The van der Waals surface area contributed by atoms with Crippen molar-refractivity contribution in [3.8, 4) is 6.07 Å². The molecule has 2 rings (SSSR count). The molecule has 19 heavy (non-hydrogen) atoms. The second kappa shape index (κ2) is 6.14. The molecule has 1 aromatic carbocycles. The first-order valence-corrected chi connectivity index (χ1v) is 6.85. The fourth-order valence-electron chi connectivity index (χ4n) is 3.01. The Morgan fingerprint density at radius 3 is 2.95 bits per heavy atom. The van der Waals surface area contributed by atoms with Gasteiger partial charge in [-0.2, -0.15) is 5.26 Å². The van der Waals surface area contributed by atoms with Crippen LogP contribution >= 0.6 is 0 Å². The van der Waals surface area contributed by atoms with Crippen molar-refractivity contribution in [3.05, 3.63) is 35.1 Å². The van der Waals surface area contributed by atoms with E-state index in [1.165, 1.54) is 6.07 Å². The molecule has 2 N–H and O–H groups in total. The quantitative estimate of drug-likeness (QED) is 0.905. The molecule has 1 fully saturated rings. The molecule has 1 saturated heterocycles. The zero-order valence-electron chi connectivity index (χ0n) is 11.3. The number of hydrogen-bond acceptors (Lipinski definition) is 3. The number of nitrogens with two attached hydrogens (primary N) is 1. The standard InChI is InChI=1S/C15H20FN3/c1-2-6-19-7-5-12(9-17)15(19)11-3-4-14(16)13(8-11)10-18/h3-4,8,12,15H,2,5-7,9,17H2,1H3. The summed E-state index contributed by atoms with van der Waals surface area (Å²) >= 11 is 0. The molecule has 2 unspecified atom stereocenters. The van der Waals surface area contributed by atoms with Gasteiger partial charge < -0.3 is 5.73 Å². The molecule has 1 aliphatic rings. The molecule has 0 amide bonds. The molecule has 0 spiro atoms. The maximum atomic E-state index is 13.4. The van der Waals surface area contributed by atoms with Crippen LogP contribution in [0.2, 0.25) is 0 Å². The monoisotopic (exact) mass is 261 g/mol. The van der Waals surface area contributed by atoms with Crippen LogP contribution in [-0.4, -0.2) is 24.5 Å². The van der Waals surface area contributed by atoms with Crippen molar-refractivity contribution >= 4 is 0 Å². The molecule has 0 aliphatic carbocycles. The van der Waals surface area contributed by atoms with E-state index in [-0.39, 0.29) is 11.6 Å². The summed E-state index contributed by atoms with van der Waals surface area (Å²) in [5.41, 5.74) is 6.99. The Kier molecular flexibility index (Phi) is 4.52. The minimum absolute atomic E-state index is 0.122. The smallest absolute Gasteiger partial charge is 0.140 e. The van der Waals surface area contributed by atoms with E-state index in [0.717, 1.165) is 31.5 Å². The number of halogens is 1. The fraction of sp³-hybridized carbons (Fsp3) is 0.533. The molecule has 0 aromatic heterocycles. The van der Waals surface area contributed by atoms with Crippen LogP contribution in [0.5, 0.6) is 0 Å². The van der Waals surface area contributed by atoms with Gasteiger partial charge in [-0.25, -0.2) is 4.39 Å². The molecule has 0 bridgehead atoms. The molecule has 2 atom stereocenters. The van der Waals surface area contributed by atoms with Gasteiger partial charge in [0.2, 0.25) is 0 Å². The van der Waals surface area contributed by atoms with Crippen LogP contribution in [0.3, 0.4) is 0 Å². The molecule has 1 heterocycles. The Bertz CT molecular complexity index is 481. The number of nitrogens with zero attached hydrogens (tertiary/aromatic N) is 2. The number of hydrogen-bond donors (Lipinski definition) is 1. The van der Waals surface area contributed by atoms with Crippen LogP contribution in [0.15, 0.2) is 18.2 Å². The van der Waals surface area contributed by atoms with Gasteiger partial charge in [-0.05, 0) is 56.1 Å². The molecule has 3 nitrogen and oxygen atoms in total. The minimum Gasteiger partial charge on any atom is -0.330 e. The van der Waals surface area contributed by atoms with Crippen LogP contribution in [0.1, 0.15) is 36.9 Å². The van der Waals surface area contributed by atoms with Gasteiger partial charge in [0.25, 0.3) is 0 Å². The highest BCUT2D eigenvalue weighted by molar-refractivity contribution is 5.36. The predicted molar refractivity (Wildman–Crippen MR) is 72.9 cm³/mol. The summed E-state index contributed by atoms with van der Waals surface area (Å²) in [5, 5.41) is 8.95. The van der Waals surface area contributed by atoms with Crippen LogP contribution in [0.25, 0.3) is 0 Å². The highest BCUT2D eigenvalue weighted by Gasteiger charge is 2.34. The summed E-state index contributed by atoms with van der Waals surface area (Å²) in [6.45, 7) is 4.82. The van der Waals surface area contributed by atoms with E-state index < -0.39 is 5.82 Å². The zero-order chi connectivity index (χ0) is 13.8. The van der Waals surface area contributed by atoms with Crippen molar-refractivity contribution in [2.24, 2.45) is 11.7 Å². The molecule has 0 saturated carbocycles. The van der Waals surface area contributed by atoms with Gasteiger partial charge in [-0.1, -0.05) is 13.0 Å². The second-order valence-corrected chi connectivity index (χ2v) is 5.12. The summed E-state index contributed by atoms with van der Waals surface area (Å²) < 4.78 is 13.4. The van der Waals surface area contributed by atoms with E-state index in [1.807, 2.05) is 6.07 Å². The highest BCUT2D eigenvalue weighted by Crippen LogP contribution is 2.37. The Hall–Kier alpha value is -1.44. The summed E-state index contributed by atoms with van der Waals surface area (Å²) in [5.74, 6) is -0.0564. The molecule has 1 aliphatic heterocycles. The van der Waals surface area contributed by atoms with Crippen molar-refractivity contribution < 1.29 is 4.39 Å². The van der Waals surface area contributed by atoms with Gasteiger partial charge in [0.1, 0.15) is 11.9 Å². The van der Waals surface area contributed by atoms with Crippen LogP contribution in [0.4, 0.5) is 4.39 Å². The predicted octanol–water partition coefficient (Wildman–Crippen LogP) is 2.43. The summed E-state index contributed by atoms with van der Waals surface area (Å²) in [4.78, 5) is 2.39. The van der Waals surface area contributed by atoms with Gasteiger partial charge >= 0.3 is 0 Å². The van der Waals surface area contributed by atoms with Gasteiger partial charge in [-0.15, -0.1) is 0 Å². The maximum absolute atomic E-state index is 13.4. The van der Waals surface area contributed by atoms with Crippen molar-refractivity contribution in [1.29, 1.82) is 5.26 Å². The lowest BCUT2D eigenvalue weighted by atomic mass is 9.92. The lowest BCUT2D eigenvalue weighted by Crippen LogP contribution is -2.29. The van der Waals surface area contributed by atoms with Crippen molar-refractivity contribution in [2.75, 3.05) is 19.6 Å². The first-order chi connectivity index (χ1) is 9.21. The second-order valence-electron chi connectivity index (χ2n) is 5.12. The maximum Gasteiger partial charge on any atom is 0.140 e. The lowest BCUT2D eigenvalue weighted by molar-refractivity contribution is 0.230. The number of likely N-dealkylation sites (tertiary alicyclic amines) is 1. The van der Waals surface area contributed by atoms with E-state index in [2.05, 4.69) is 11.8 Å². The average molecular weight is 261 g/mol. The average Bonchev–Trinajstić information content (AvgIpc) is 2.83. The number of rotatable bonds is 4. The first kappa shape index (κ1) is 14.0. The van der Waals surface area contributed by atoms with E-state index in [4.69, 9.17) is 11.0 Å². The van der Waals surface area contributed by atoms with E-state index >= 15 is 0 Å². The van der Waals surface area contributed by atoms with Crippen LogP contribution in [-0.2, 0) is 0 Å². The van der Waals surface area contributed by atoms with Crippen molar-refractivity contribution in [1.82, 2.24) is 4.90 Å². The van der Waals surface area contributed by atoms with E-state index in [1.54, 1.807) is 12.1 Å². The Morgan fingerprint density at radius 2 is 2.32 bits per heavy atom. The van der Waals surface area contributed by atoms with Gasteiger partial charge in [0.15, 0.2) is 0 Å². The third-order valence-electron chi connectivity index (χ3n) is 3.89. The topological polar surface area (TPSA) is 53.0 Å². The van der Waals surface area contributed by atoms with Crippen molar-refractivity contribution in [3.63, 3.8) is 0 Å². The third kappa shape index (κ3) is 2.78.